The highest BCUT2D eigenvalue weighted by atomic mass is 16.5. The summed E-state index contributed by atoms with van der Waals surface area (Å²) in [6.45, 7) is 7.34. The lowest BCUT2D eigenvalue weighted by molar-refractivity contribution is -0.146. The molecule has 0 aromatic carbocycles. The van der Waals surface area contributed by atoms with E-state index in [1.807, 2.05) is 13.8 Å². The van der Waals surface area contributed by atoms with E-state index in [0.717, 1.165) is 13.0 Å². The molecule has 0 aliphatic carbocycles. The number of ether oxygens (including phenoxy) is 2. The Morgan fingerprint density at radius 3 is 2.89 bits per heavy atom. The lowest BCUT2D eigenvalue weighted by Crippen LogP contribution is -2.21. The second-order valence-corrected chi connectivity index (χ2v) is 5.03. The summed E-state index contributed by atoms with van der Waals surface area (Å²) < 4.78 is 15.6. The number of hydrogen-bond acceptors (Lipinski definition) is 6. The number of rotatable bonds is 5. The smallest absolute Gasteiger partial charge is 0.318 e. The molecule has 2 unspecified atom stereocenters. The third-order valence-electron chi connectivity index (χ3n) is 3.23. The SMILES string of the molecule is CCOC(=O)C(c1nc(C2CCOC2)no1)C(C)C. The zero-order valence-electron chi connectivity index (χ0n) is 11.6. The van der Waals surface area contributed by atoms with Crippen LogP contribution in [0.15, 0.2) is 4.52 Å². The Balaban J connectivity index is 2.15. The van der Waals surface area contributed by atoms with Gasteiger partial charge in [-0.3, -0.25) is 4.79 Å². The Morgan fingerprint density at radius 1 is 1.53 bits per heavy atom. The average molecular weight is 268 g/mol. The molecule has 0 radical (unpaired) electrons. The first-order chi connectivity index (χ1) is 9.13. The molecule has 0 spiro atoms. The van der Waals surface area contributed by atoms with Crippen molar-refractivity contribution < 1.29 is 18.8 Å². The highest BCUT2D eigenvalue weighted by molar-refractivity contribution is 5.77. The van der Waals surface area contributed by atoms with Crippen LogP contribution in [0.2, 0.25) is 0 Å². The molecule has 6 heteroatoms. The van der Waals surface area contributed by atoms with Gasteiger partial charge in [-0.15, -0.1) is 0 Å². The van der Waals surface area contributed by atoms with Gasteiger partial charge in [0, 0.05) is 12.5 Å². The largest absolute Gasteiger partial charge is 0.465 e. The Bertz CT molecular complexity index is 424. The summed E-state index contributed by atoms with van der Waals surface area (Å²) in [5.41, 5.74) is 0. The summed E-state index contributed by atoms with van der Waals surface area (Å²) in [5, 5.41) is 3.97. The molecular weight excluding hydrogens is 248 g/mol. The van der Waals surface area contributed by atoms with Crippen LogP contribution < -0.4 is 0 Å². The van der Waals surface area contributed by atoms with E-state index in [1.54, 1.807) is 6.92 Å². The molecule has 1 aromatic rings. The molecule has 0 amide bonds. The van der Waals surface area contributed by atoms with Gasteiger partial charge in [0.05, 0.1) is 13.2 Å². The highest BCUT2D eigenvalue weighted by Crippen LogP contribution is 2.28. The van der Waals surface area contributed by atoms with Crippen molar-refractivity contribution in [3.8, 4) is 0 Å². The fourth-order valence-corrected chi connectivity index (χ4v) is 2.17. The van der Waals surface area contributed by atoms with Crippen molar-refractivity contribution in [2.75, 3.05) is 19.8 Å². The molecule has 1 fully saturated rings. The molecule has 2 rings (SSSR count). The third kappa shape index (κ3) is 3.12. The summed E-state index contributed by atoms with van der Waals surface area (Å²) in [4.78, 5) is 16.3. The topological polar surface area (TPSA) is 74.5 Å². The Morgan fingerprint density at radius 2 is 2.32 bits per heavy atom. The van der Waals surface area contributed by atoms with Crippen LogP contribution >= 0.6 is 0 Å². The molecule has 6 nitrogen and oxygen atoms in total. The number of hydrogen-bond donors (Lipinski definition) is 0. The molecular formula is C13H20N2O4. The summed E-state index contributed by atoms with van der Waals surface area (Å²) in [6, 6.07) is 0. The predicted molar refractivity (Wildman–Crippen MR) is 66.7 cm³/mol. The van der Waals surface area contributed by atoms with Crippen molar-refractivity contribution in [2.24, 2.45) is 5.92 Å². The molecule has 0 bridgehead atoms. The van der Waals surface area contributed by atoms with E-state index in [1.165, 1.54) is 0 Å². The first-order valence-electron chi connectivity index (χ1n) is 6.71. The van der Waals surface area contributed by atoms with E-state index in [0.29, 0.717) is 24.9 Å². The molecule has 1 aliphatic rings. The van der Waals surface area contributed by atoms with Crippen LogP contribution in [0.25, 0.3) is 0 Å². The van der Waals surface area contributed by atoms with E-state index >= 15 is 0 Å². The molecule has 1 saturated heterocycles. The molecule has 1 aromatic heterocycles. The van der Waals surface area contributed by atoms with Crippen molar-refractivity contribution in [3.63, 3.8) is 0 Å². The predicted octanol–water partition coefficient (Wildman–Crippen LogP) is 1.88. The zero-order chi connectivity index (χ0) is 13.8. The lowest BCUT2D eigenvalue weighted by Gasteiger charge is -2.14. The van der Waals surface area contributed by atoms with Crippen molar-refractivity contribution >= 4 is 5.97 Å². The summed E-state index contributed by atoms with van der Waals surface area (Å²) in [6.07, 6.45) is 0.894. The van der Waals surface area contributed by atoms with E-state index in [9.17, 15) is 4.79 Å². The maximum atomic E-state index is 11.9. The Kier molecular flexibility index (Phi) is 4.52. The van der Waals surface area contributed by atoms with Gasteiger partial charge in [-0.2, -0.15) is 4.98 Å². The molecule has 19 heavy (non-hydrogen) atoms. The van der Waals surface area contributed by atoms with Crippen molar-refractivity contribution in [3.05, 3.63) is 11.7 Å². The monoisotopic (exact) mass is 268 g/mol. The van der Waals surface area contributed by atoms with Crippen molar-refractivity contribution in [1.82, 2.24) is 10.1 Å². The quantitative estimate of drug-likeness (QED) is 0.759. The van der Waals surface area contributed by atoms with E-state index in [2.05, 4.69) is 10.1 Å². The van der Waals surface area contributed by atoms with Gasteiger partial charge in [-0.1, -0.05) is 19.0 Å². The third-order valence-corrected chi connectivity index (χ3v) is 3.23. The second kappa shape index (κ2) is 6.14. The highest BCUT2D eigenvalue weighted by Gasteiger charge is 2.33. The van der Waals surface area contributed by atoms with Crippen molar-refractivity contribution in [1.29, 1.82) is 0 Å². The molecule has 0 N–H and O–H groups in total. The average Bonchev–Trinajstić information content (AvgIpc) is 2.98. The maximum absolute atomic E-state index is 11.9. The van der Waals surface area contributed by atoms with Crippen LogP contribution in [0.5, 0.6) is 0 Å². The standard InChI is InChI=1S/C13H20N2O4/c1-4-18-13(16)10(8(2)3)12-14-11(15-19-12)9-5-6-17-7-9/h8-10H,4-7H2,1-3H3. The molecule has 2 heterocycles. The second-order valence-electron chi connectivity index (χ2n) is 5.03. The molecule has 2 atom stereocenters. The number of carbonyl (C=O) groups is 1. The van der Waals surface area contributed by atoms with Gasteiger partial charge >= 0.3 is 5.97 Å². The van der Waals surface area contributed by atoms with Gasteiger partial charge in [0.25, 0.3) is 0 Å². The van der Waals surface area contributed by atoms with E-state index < -0.39 is 5.92 Å². The Labute approximate surface area is 112 Å². The van der Waals surface area contributed by atoms with Gasteiger partial charge in [0.2, 0.25) is 5.89 Å². The minimum atomic E-state index is -0.497. The maximum Gasteiger partial charge on any atom is 0.318 e. The molecule has 0 saturated carbocycles. The van der Waals surface area contributed by atoms with E-state index in [4.69, 9.17) is 14.0 Å². The lowest BCUT2D eigenvalue weighted by atomic mass is 9.96. The first kappa shape index (κ1) is 14.0. The molecule has 1 aliphatic heterocycles. The van der Waals surface area contributed by atoms with Crippen LogP contribution in [-0.2, 0) is 14.3 Å². The summed E-state index contributed by atoms with van der Waals surface area (Å²) in [7, 11) is 0. The fourth-order valence-electron chi connectivity index (χ4n) is 2.17. The summed E-state index contributed by atoms with van der Waals surface area (Å²) in [5.74, 6) is 0.386. The fraction of sp³-hybridized carbons (Fsp3) is 0.769. The van der Waals surface area contributed by atoms with Crippen LogP contribution in [-0.4, -0.2) is 35.9 Å². The molecule has 106 valence electrons. The van der Waals surface area contributed by atoms with Gasteiger partial charge in [-0.25, -0.2) is 0 Å². The summed E-state index contributed by atoms with van der Waals surface area (Å²) >= 11 is 0. The van der Waals surface area contributed by atoms with Crippen LogP contribution in [0, 0.1) is 5.92 Å². The number of carbonyl (C=O) groups excluding carboxylic acids is 1. The van der Waals surface area contributed by atoms with E-state index in [-0.39, 0.29) is 17.8 Å². The van der Waals surface area contributed by atoms with Crippen LogP contribution in [0.1, 0.15) is 50.7 Å². The van der Waals surface area contributed by atoms with Crippen molar-refractivity contribution in [2.45, 2.75) is 39.0 Å². The van der Waals surface area contributed by atoms with Gasteiger partial charge in [0.15, 0.2) is 5.82 Å². The number of nitrogens with zero attached hydrogens (tertiary/aromatic N) is 2. The zero-order valence-corrected chi connectivity index (χ0v) is 11.6. The van der Waals surface area contributed by atoms with Gasteiger partial charge in [0.1, 0.15) is 5.92 Å². The minimum Gasteiger partial charge on any atom is -0.465 e. The van der Waals surface area contributed by atoms with Gasteiger partial charge < -0.3 is 14.0 Å². The van der Waals surface area contributed by atoms with Crippen LogP contribution in [0.4, 0.5) is 0 Å². The normalized spacial score (nSPS) is 20.7. The Hall–Kier alpha value is -1.43. The number of esters is 1. The van der Waals surface area contributed by atoms with Crippen LogP contribution in [0.3, 0.4) is 0 Å². The van der Waals surface area contributed by atoms with Gasteiger partial charge in [-0.05, 0) is 19.3 Å². The number of aromatic nitrogens is 2. The minimum absolute atomic E-state index is 0.0483. The first-order valence-corrected chi connectivity index (χ1v) is 6.71.